The van der Waals surface area contributed by atoms with E-state index in [1.807, 2.05) is 6.07 Å². The van der Waals surface area contributed by atoms with Crippen molar-refractivity contribution in [2.75, 3.05) is 0 Å². The van der Waals surface area contributed by atoms with Crippen LogP contribution < -0.4 is 5.32 Å². The molecule has 0 aromatic carbocycles. The predicted molar refractivity (Wildman–Crippen MR) is 64.6 cm³/mol. The first-order valence-corrected chi connectivity index (χ1v) is 6.45. The molecule has 1 fully saturated rings. The Morgan fingerprint density at radius 1 is 1.56 bits per heavy atom. The molecule has 1 aliphatic rings. The third kappa shape index (κ3) is 2.59. The summed E-state index contributed by atoms with van der Waals surface area (Å²) in [6, 6.07) is 4.01. The van der Waals surface area contributed by atoms with E-state index in [1.54, 1.807) is 6.07 Å². The van der Waals surface area contributed by atoms with Crippen molar-refractivity contribution < 1.29 is 4.92 Å². The van der Waals surface area contributed by atoms with E-state index >= 15 is 0 Å². The minimum Gasteiger partial charge on any atom is -0.309 e. The van der Waals surface area contributed by atoms with Crippen LogP contribution in [-0.2, 0) is 6.54 Å². The molecule has 0 bridgehead atoms. The fourth-order valence-corrected chi connectivity index (χ4v) is 3.01. The van der Waals surface area contributed by atoms with E-state index in [9.17, 15) is 10.1 Å². The van der Waals surface area contributed by atoms with Gasteiger partial charge in [0, 0.05) is 23.5 Å². The quantitative estimate of drug-likeness (QED) is 0.650. The van der Waals surface area contributed by atoms with Crippen molar-refractivity contribution in [2.24, 2.45) is 5.92 Å². The molecule has 0 spiro atoms. The Kier molecular flexibility index (Phi) is 3.56. The Balaban J connectivity index is 1.87. The van der Waals surface area contributed by atoms with Gasteiger partial charge in [-0.3, -0.25) is 10.1 Å². The van der Waals surface area contributed by atoms with Crippen molar-refractivity contribution >= 4 is 16.3 Å². The summed E-state index contributed by atoms with van der Waals surface area (Å²) in [7, 11) is 0. The van der Waals surface area contributed by atoms with Gasteiger partial charge in [-0.15, -0.1) is 0 Å². The van der Waals surface area contributed by atoms with Crippen LogP contribution in [0.4, 0.5) is 5.00 Å². The van der Waals surface area contributed by atoms with Crippen LogP contribution in [0.15, 0.2) is 12.1 Å². The predicted octanol–water partition coefficient (Wildman–Crippen LogP) is 2.93. The minimum absolute atomic E-state index is 0.233. The average Bonchev–Trinajstić information content (AvgIpc) is 2.83. The molecule has 4 nitrogen and oxygen atoms in total. The lowest BCUT2D eigenvalue weighted by molar-refractivity contribution is -0.380. The number of rotatable bonds is 4. The Morgan fingerprint density at radius 3 is 2.94 bits per heavy atom. The molecule has 1 aromatic rings. The van der Waals surface area contributed by atoms with Crippen molar-refractivity contribution in [3.05, 3.63) is 27.1 Å². The SMILES string of the molecule is CC1CCCC1NCc1ccc([N+](=O)[O-])s1. The first-order chi connectivity index (χ1) is 7.66. The highest BCUT2D eigenvalue weighted by atomic mass is 32.1. The lowest BCUT2D eigenvalue weighted by Crippen LogP contribution is -2.30. The van der Waals surface area contributed by atoms with Crippen molar-refractivity contribution in [1.29, 1.82) is 0 Å². The van der Waals surface area contributed by atoms with E-state index in [0.29, 0.717) is 6.04 Å². The third-order valence-corrected chi connectivity index (χ3v) is 4.26. The number of nitro groups is 1. The lowest BCUT2D eigenvalue weighted by Gasteiger charge is -2.16. The molecule has 0 amide bonds. The van der Waals surface area contributed by atoms with Gasteiger partial charge in [0.05, 0.1) is 4.92 Å². The van der Waals surface area contributed by atoms with Gasteiger partial charge in [0.2, 0.25) is 0 Å². The molecular weight excluding hydrogens is 224 g/mol. The molecule has 1 heterocycles. The second-order valence-electron chi connectivity index (χ2n) is 4.39. The highest BCUT2D eigenvalue weighted by Gasteiger charge is 2.22. The molecule has 1 N–H and O–H groups in total. The summed E-state index contributed by atoms with van der Waals surface area (Å²) >= 11 is 1.26. The number of hydrogen-bond acceptors (Lipinski definition) is 4. The topological polar surface area (TPSA) is 55.2 Å². The number of thiophene rings is 1. The molecule has 0 aliphatic heterocycles. The van der Waals surface area contributed by atoms with Crippen LogP contribution in [0.5, 0.6) is 0 Å². The fourth-order valence-electron chi connectivity index (χ4n) is 2.24. The van der Waals surface area contributed by atoms with Crippen molar-refractivity contribution in [1.82, 2.24) is 5.32 Å². The summed E-state index contributed by atoms with van der Waals surface area (Å²) in [5.41, 5.74) is 0. The molecule has 88 valence electrons. The monoisotopic (exact) mass is 240 g/mol. The molecule has 0 saturated heterocycles. The Labute approximate surface area is 98.8 Å². The van der Waals surface area contributed by atoms with Gasteiger partial charge in [0.25, 0.3) is 0 Å². The molecule has 1 aromatic heterocycles. The van der Waals surface area contributed by atoms with Crippen LogP contribution in [-0.4, -0.2) is 11.0 Å². The van der Waals surface area contributed by atoms with Crippen LogP contribution in [0.3, 0.4) is 0 Å². The standard InChI is InChI=1S/C11H16N2O2S/c1-8-3-2-4-10(8)12-7-9-5-6-11(16-9)13(14)15/h5-6,8,10,12H,2-4,7H2,1H3. The molecule has 0 radical (unpaired) electrons. The number of hydrogen-bond donors (Lipinski definition) is 1. The van der Waals surface area contributed by atoms with Crippen LogP contribution in [0.2, 0.25) is 0 Å². The second kappa shape index (κ2) is 4.93. The van der Waals surface area contributed by atoms with Gasteiger partial charge >= 0.3 is 5.00 Å². The largest absolute Gasteiger partial charge is 0.324 e. The van der Waals surface area contributed by atoms with Gasteiger partial charge in [0.15, 0.2) is 0 Å². The first kappa shape index (κ1) is 11.5. The fraction of sp³-hybridized carbons (Fsp3) is 0.636. The highest BCUT2D eigenvalue weighted by Crippen LogP contribution is 2.27. The van der Waals surface area contributed by atoms with E-state index in [-0.39, 0.29) is 9.92 Å². The summed E-state index contributed by atoms with van der Waals surface area (Å²) < 4.78 is 0. The molecule has 5 heteroatoms. The van der Waals surface area contributed by atoms with Crippen LogP contribution in [0.25, 0.3) is 0 Å². The molecular formula is C11H16N2O2S. The zero-order chi connectivity index (χ0) is 11.5. The van der Waals surface area contributed by atoms with E-state index in [1.165, 1.54) is 30.6 Å². The summed E-state index contributed by atoms with van der Waals surface area (Å²) in [5, 5.41) is 14.2. The molecule has 1 aliphatic carbocycles. The minimum atomic E-state index is -0.327. The van der Waals surface area contributed by atoms with Gasteiger partial charge in [0.1, 0.15) is 0 Å². The molecule has 1 saturated carbocycles. The Bertz CT molecular complexity index is 378. The van der Waals surface area contributed by atoms with Crippen LogP contribution in [0, 0.1) is 16.0 Å². The van der Waals surface area contributed by atoms with Crippen molar-refractivity contribution in [2.45, 2.75) is 38.8 Å². The van der Waals surface area contributed by atoms with Crippen LogP contribution >= 0.6 is 11.3 Å². The highest BCUT2D eigenvalue weighted by molar-refractivity contribution is 7.15. The Hall–Kier alpha value is -0.940. The molecule has 2 rings (SSSR count). The second-order valence-corrected chi connectivity index (χ2v) is 5.54. The van der Waals surface area contributed by atoms with Crippen molar-refractivity contribution in [3.63, 3.8) is 0 Å². The van der Waals surface area contributed by atoms with Crippen molar-refractivity contribution in [3.8, 4) is 0 Å². The maximum Gasteiger partial charge on any atom is 0.324 e. The van der Waals surface area contributed by atoms with Gasteiger partial charge in [-0.1, -0.05) is 24.7 Å². The summed E-state index contributed by atoms with van der Waals surface area (Å²) in [6.07, 6.45) is 3.82. The maximum atomic E-state index is 10.5. The first-order valence-electron chi connectivity index (χ1n) is 5.63. The Morgan fingerprint density at radius 2 is 2.38 bits per heavy atom. The van der Waals surface area contributed by atoms with Gasteiger partial charge in [-0.25, -0.2) is 0 Å². The van der Waals surface area contributed by atoms with E-state index in [4.69, 9.17) is 0 Å². The average molecular weight is 240 g/mol. The van der Waals surface area contributed by atoms with Crippen LogP contribution in [0.1, 0.15) is 31.1 Å². The molecule has 2 unspecified atom stereocenters. The van der Waals surface area contributed by atoms with Gasteiger partial charge in [-0.05, 0) is 24.8 Å². The zero-order valence-electron chi connectivity index (χ0n) is 9.31. The number of nitrogens with zero attached hydrogens (tertiary/aromatic N) is 1. The van der Waals surface area contributed by atoms with E-state index < -0.39 is 0 Å². The van der Waals surface area contributed by atoms with E-state index in [2.05, 4.69) is 12.2 Å². The summed E-state index contributed by atoms with van der Waals surface area (Å²) in [6.45, 7) is 3.02. The van der Waals surface area contributed by atoms with E-state index in [0.717, 1.165) is 17.3 Å². The summed E-state index contributed by atoms with van der Waals surface area (Å²) in [4.78, 5) is 11.2. The lowest BCUT2D eigenvalue weighted by atomic mass is 10.1. The smallest absolute Gasteiger partial charge is 0.309 e. The molecule has 16 heavy (non-hydrogen) atoms. The van der Waals surface area contributed by atoms with Gasteiger partial charge < -0.3 is 5.32 Å². The zero-order valence-corrected chi connectivity index (χ0v) is 10.1. The normalized spacial score (nSPS) is 24.8. The third-order valence-electron chi connectivity index (χ3n) is 3.23. The number of nitrogens with one attached hydrogen (secondary N) is 1. The van der Waals surface area contributed by atoms with Gasteiger partial charge in [-0.2, -0.15) is 0 Å². The summed E-state index contributed by atoms with van der Waals surface area (Å²) in [5.74, 6) is 0.731. The molecule has 2 atom stereocenters. The maximum absolute atomic E-state index is 10.5.